The molecule has 1 aliphatic rings. The first-order valence-electron chi connectivity index (χ1n) is 15.7. The van der Waals surface area contributed by atoms with Crippen LogP contribution in [0.15, 0.2) is 143 Å². The average Bonchev–Trinajstić information content (AvgIpc) is 3.59. The Morgan fingerprint density at radius 1 is 0.833 bits per heavy atom. The minimum absolute atomic E-state index is 0.0273. The zero-order valence-corrected chi connectivity index (χ0v) is 26.8. The predicted molar refractivity (Wildman–Crippen MR) is 185 cm³/mol. The van der Waals surface area contributed by atoms with E-state index in [1.54, 1.807) is 18.3 Å². The first-order valence-corrected chi connectivity index (χ1v) is 16.7. The Hall–Kier alpha value is -5.06. The van der Waals surface area contributed by atoms with Gasteiger partial charge in [0, 0.05) is 46.9 Å². The molecule has 0 bridgehead atoms. The van der Waals surface area contributed by atoms with Gasteiger partial charge in [-0.15, -0.1) is 0 Å². The Morgan fingerprint density at radius 3 is 2.33 bits per heavy atom. The molecule has 1 fully saturated rings. The van der Waals surface area contributed by atoms with E-state index in [0.717, 1.165) is 39.3 Å². The molecule has 0 saturated carbocycles. The van der Waals surface area contributed by atoms with Crippen LogP contribution < -0.4 is 5.32 Å². The van der Waals surface area contributed by atoms with E-state index in [2.05, 4.69) is 10.3 Å². The number of hydrogen-bond donors (Lipinski definition) is 2. The molecular formula is C39H33N3O5S. The van der Waals surface area contributed by atoms with Crippen LogP contribution in [0.25, 0.3) is 22.6 Å². The van der Waals surface area contributed by atoms with Crippen molar-refractivity contribution in [1.29, 1.82) is 0 Å². The van der Waals surface area contributed by atoms with Gasteiger partial charge in [0.05, 0.1) is 24.4 Å². The van der Waals surface area contributed by atoms with Gasteiger partial charge in [-0.3, -0.25) is 9.78 Å². The normalized spacial score (nSPS) is 17.6. The number of aromatic nitrogens is 2. The summed E-state index contributed by atoms with van der Waals surface area (Å²) in [5, 5.41) is 13.1. The summed E-state index contributed by atoms with van der Waals surface area (Å²) in [5.74, 6) is 1.05. The van der Waals surface area contributed by atoms with Crippen molar-refractivity contribution < 1.29 is 23.8 Å². The Balaban J connectivity index is 1.13. The van der Waals surface area contributed by atoms with Crippen molar-refractivity contribution in [1.82, 2.24) is 9.97 Å². The van der Waals surface area contributed by atoms with Gasteiger partial charge >= 0.3 is 0 Å². The van der Waals surface area contributed by atoms with Crippen molar-refractivity contribution in [3.05, 3.63) is 156 Å². The van der Waals surface area contributed by atoms with Gasteiger partial charge in [0.25, 0.3) is 11.1 Å². The fraction of sp³-hybridized carbons (Fsp3) is 0.154. The maximum Gasteiger partial charge on any atom is 0.257 e. The highest BCUT2D eigenvalue weighted by Crippen LogP contribution is 2.41. The summed E-state index contributed by atoms with van der Waals surface area (Å²) in [6.07, 6.45) is 2.60. The third kappa shape index (κ3) is 7.40. The van der Waals surface area contributed by atoms with Gasteiger partial charge in [-0.05, 0) is 35.4 Å². The van der Waals surface area contributed by atoms with Crippen molar-refractivity contribution in [2.75, 3.05) is 11.1 Å². The highest BCUT2D eigenvalue weighted by Gasteiger charge is 2.33. The topological polar surface area (TPSA) is 107 Å². The number of ether oxygens (including phenoxy) is 2. The number of anilines is 1. The number of benzene rings is 4. The number of amides is 1. The minimum Gasteiger partial charge on any atom is -0.431 e. The highest BCUT2D eigenvalue weighted by molar-refractivity contribution is 7.99. The molecular weight excluding hydrogens is 623 g/mol. The van der Waals surface area contributed by atoms with Gasteiger partial charge < -0.3 is 24.3 Å². The Kier molecular flexibility index (Phi) is 9.72. The number of pyridine rings is 1. The molecule has 240 valence electrons. The zero-order valence-electron chi connectivity index (χ0n) is 25.9. The molecule has 4 aromatic carbocycles. The van der Waals surface area contributed by atoms with E-state index in [4.69, 9.17) is 18.9 Å². The molecule has 3 atom stereocenters. The molecule has 0 spiro atoms. The molecule has 7 rings (SSSR count). The van der Waals surface area contributed by atoms with Gasteiger partial charge in [-0.25, -0.2) is 4.98 Å². The van der Waals surface area contributed by atoms with Crippen LogP contribution in [0.3, 0.4) is 0 Å². The van der Waals surface area contributed by atoms with Crippen molar-refractivity contribution >= 4 is 23.4 Å². The molecule has 1 amide bonds. The van der Waals surface area contributed by atoms with Gasteiger partial charge in [0.2, 0.25) is 0 Å². The third-order valence-corrected chi connectivity index (χ3v) is 9.00. The summed E-state index contributed by atoms with van der Waals surface area (Å²) in [5.41, 5.74) is 6.42. The van der Waals surface area contributed by atoms with Crippen molar-refractivity contribution in [3.63, 3.8) is 0 Å². The second kappa shape index (κ2) is 14.8. The van der Waals surface area contributed by atoms with Gasteiger partial charge in [-0.2, -0.15) is 0 Å². The number of oxazole rings is 1. The second-order valence-corrected chi connectivity index (χ2v) is 12.3. The zero-order chi connectivity index (χ0) is 32.7. The molecule has 1 aliphatic heterocycles. The highest BCUT2D eigenvalue weighted by atomic mass is 32.2. The number of carbonyl (C=O) groups excluding carboxylic acids is 1. The van der Waals surface area contributed by atoms with E-state index in [1.807, 2.05) is 109 Å². The van der Waals surface area contributed by atoms with E-state index >= 15 is 0 Å². The third-order valence-electron chi connectivity index (χ3n) is 8.04. The summed E-state index contributed by atoms with van der Waals surface area (Å²) in [7, 11) is 0. The van der Waals surface area contributed by atoms with Crippen LogP contribution in [-0.4, -0.2) is 32.8 Å². The summed E-state index contributed by atoms with van der Waals surface area (Å²) in [6.45, 7) is -0.0273. The van der Waals surface area contributed by atoms with Crippen LogP contribution in [0.1, 0.15) is 45.9 Å². The molecule has 6 aromatic rings. The van der Waals surface area contributed by atoms with Gasteiger partial charge in [0.15, 0.2) is 12.1 Å². The molecule has 9 heteroatoms. The van der Waals surface area contributed by atoms with Crippen LogP contribution in [0.4, 0.5) is 5.69 Å². The fourth-order valence-electron chi connectivity index (χ4n) is 5.59. The van der Waals surface area contributed by atoms with Crippen molar-refractivity contribution in [2.45, 2.75) is 36.7 Å². The summed E-state index contributed by atoms with van der Waals surface area (Å²) in [6, 6.07) is 38.8. The lowest BCUT2D eigenvalue weighted by Crippen LogP contribution is -2.31. The standard InChI is InChI=1S/C39H33N3O5S/c43-24-26-16-18-27(19-17-26)34-22-33(45-38(46-34)30-13-7-15-32(21-30)41-37(44)31-14-8-20-40-23-31)25-48-39-42-35(28-9-3-1-4-10-28)36(47-39)29-11-5-2-6-12-29/h1-21,23,33-34,38,43H,22,24-25H2,(H,41,44)/t33-,34+,38+/m1/s1. The van der Waals surface area contributed by atoms with Crippen LogP contribution >= 0.6 is 11.8 Å². The molecule has 0 aliphatic carbocycles. The second-order valence-electron chi connectivity index (χ2n) is 11.4. The lowest BCUT2D eigenvalue weighted by atomic mass is 10.0. The molecule has 0 unspecified atom stereocenters. The first-order chi connectivity index (χ1) is 23.6. The molecule has 2 N–H and O–H groups in total. The molecule has 0 radical (unpaired) electrons. The quantitative estimate of drug-likeness (QED) is 0.142. The monoisotopic (exact) mass is 655 g/mol. The minimum atomic E-state index is -0.688. The predicted octanol–water partition coefficient (Wildman–Crippen LogP) is 8.49. The van der Waals surface area contributed by atoms with E-state index in [-0.39, 0.29) is 24.7 Å². The summed E-state index contributed by atoms with van der Waals surface area (Å²) >= 11 is 1.51. The fourth-order valence-corrected chi connectivity index (χ4v) is 6.43. The molecule has 48 heavy (non-hydrogen) atoms. The maximum atomic E-state index is 12.8. The number of rotatable bonds is 10. The number of carbonyl (C=O) groups is 1. The Bertz CT molecular complexity index is 1900. The van der Waals surface area contributed by atoms with Crippen LogP contribution in [0.2, 0.25) is 0 Å². The van der Waals surface area contributed by atoms with E-state index in [9.17, 15) is 9.90 Å². The number of nitrogens with one attached hydrogen (secondary N) is 1. The summed E-state index contributed by atoms with van der Waals surface area (Å²) < 4.78 is 19.5. The largest absolute Gasteiger partial charge is 0.431 e. The smallest absolute Gasteiger partial charge is 0.257 e. The number of aliphatic hydroxyl groups excluding tert-OH is 1. The summed E-state index contributed by atoms with van der Waals surface area (Å²) in [4.78, 5) is 21.8. The Labute approximate surface area is 282 Å². The van der Waals surface area contributed by atoms with E-state index < -0.39 is 6.29 Å². The lowest BCUT2D eigenvalue weighted by molar-refractivity contribution is -0.245. The van der Waals surface area contributed by atoms with Crippen molar-refractivity contribution in [2.24, 2.45) is 0 Å². The number of hydrogen-bond acceptors (Lipinski definition) is 8. The Morgan fingerprint density at radius 2 is 1.60 bits per heavy atom. The molecule has 3 heterocycles. The molecule has 2 aromatic heterocycles. The van der Waals surface area contributed by atoms with E-state index in [0.29, 0.717) is 28.6 Å². The number of nitrogens with zero attached hydrogens (tertiary/aromatic N) is 2. The van der Waals surface area contributed by atoms with Gasteiger partial charge in [0.1, 0.15) is 5.69 Å². The van der Waals surface area contributed by atoms with Crippen molar-refractivity contribution in [3.8, 4) is 22.6 Å². The number of thioether (sulfide) groups is 1. The molecule has 1 saturated heterocycles. The SMILES string of the molecule is O=C(Nc1cccc([C@H]2O[C@@H](CSc3nc(-c4ccccc4)c(-c4ccccc4)o3)C[C@@H](c3ccc(CO)cc3)O2)c1)c1cccnc1. The first kappa shape index (κ1) is 31.5. The maximum absolute atomic E-state index is 12.8. The molecule has 8 nitrogen and oxygen atoms in total. The lowest BCUT2D eigenvalue weighted by Gasteiger charge is -2.36. The van der Waals surface area contributed by atoms with Crippen LogP contribution in [0, 0.1) is 0 Å². The van der Waals surface area contributed by atoms with Gasteiger partial charge in [-0.1, -0.05) is 109 Å². The van der Waals surface area contributed by atoms with Crippen LogP contribution in [0.5, 0.6) is 0 Å². The average molecular weight is 656 g/mol. The van der Waals surface area contributed by atoms with Crippen LogP contribution in [-0.2, 0) is 16.1 Å². The number of aliphatic hydroxyl groups is 1. The van der Waals surface area contributed by atoms with E-state index in [1.165, 1.54) is 18.0 Å².